The highest BCUT2D eigenvalue weighted by Gasteiger charge is 2.51. The molecule has 0 unspecified atom stereocenters. The summed E-state index contributed by atoms with van der Waals surface area (Å²) in [5.41, 5.74) is -1.64. The lowest BCUT2D eigenvalue weighted by molar-refractivity contribution is -0.00305. The summed E-state index contributed by atoms with van der Waals surface area (Å²) >= 11 is 0. The van der Waals surface area contributed by atoms with Crippen LogP contribution in [0.5, 0.6) is 0 Å². The maximum absolute atomic E-state index is 13.9. The average Bonchev–Trinajstić information content (AvgIpc) is 2.68. The van der Waals surface area contributed by atoms with E-state index in [1.54, 1.807) is 41.5 Å². The fraction of sp³-hybridized carbons (Fsp3) is 0.875. The fourth-order valence-electron chi connectivity index (χ4n) is 2.45. The number of amides is 2. The van der Waals surface area contributed by atoms with Gasteiger partial charge in [-0.05, 0) is 41.5 Å². The van der Waals surface area contributed by atoms with E-state index in [2.05, 4.69) is 5.32 Å². The highest BCUT2D eigenvalue weighted by Crippen LogP contribution is 2.34. The molecule has 25 heavy (non-hydrogen) atoms. The van der Waals surface area contributed by atoms with Gasteiger partial charge in [0.25, 0.3) is 5.92 Å². The molecule has 1 fully saturated rings. The smallest absolute Gasteiger partial charge is 0.410 e. The maximum atomic E-state index is 13.9. The Balaban J connectivity index is 2.91. The van der Waals surface area contributed by atoms with E-state index in [0.717, 1.165) is 4.90 Å². The molecule has 2 N–H and O–H groups in total. The van der Waals surface area contributed by atoms with Gasteiger partial charge in [0.05, 0.1) is 25.2 Å². The summed E-state index contributed by atoms with van der Waals surface area (Å²) < 4.78 is 38.0. The van der Waals surface area contributed by atoms with Crippen LogP contribution in [0.2, 0.25) is 0 Å². The number of hydrogen-bond acceptors (Lipinski definition) is 5. The SMILES string of the molecule is CC(C)(C)OC(=O)N[C@@H](CO)[C@@H]1CC(F)(F)CN1C(=O)OC(C)(C)C. The molecule has 0 saturated carbocycles. The Hall–Kier alpha value is -1.64. The molecule has 7 nitrogen and oxygen atoms in total. The molecule has 1 aliphatic rings. The summed E-state index contributed by atoms with van der Waals surface area (Å²) in [5, 5.41) is 11.9. The topological polar surface area (TPSA) is 88.1 Å². The zero-order valence-corrected chi connectivity index (χ0v) is 15.6. The van der Waals surface area contributed by atoms with Crippen molar-refractivity contribution < 1.29 is 33.0 Å². The number of rotatable bonds is 3. The van der Waals surface area contributed by atoms with E-state index < -0.39 is 61.0 Å². The van der Waals surface area contributed by atoms with Crippen LogP contribution in [-0.2, 0) is 9.47 Å². The van der Waals surface area contributed by atoms with Crippen LogP contribution < -0.4 is 5.32 Å². The van der Waals surface area contributed by atoms with E-state index in [1.165, 1.54) is 0 Å². The Kier molecular flexibility index (Phi) is 6.26. The minimum atomic E-state index is -3.13. The van der Waals surface area contributed by atoms with Crippen LogP contribution >= 0.6 is 0 Å². The van der Waals surface area contributed by atoms with Gasteiger partial charge in [-0.1, -0.05) is 0 Å². The lowest BCUT2D eigenvalue weighted by Gasteiger charge is -2.32. The molecular formula is C16H28F2N2O5. The minimum absolute atomic E-state index is 0.626. The van der Waals surface area contributed by atoms with Crippen LogP contribution in [0.25, 0.3) is 0 Å². The Morgan fingerprint density at radius 2 is 1.72 bits per heavy atom. The van der Waals surface area contributed by atoms with Crippen molar-refractivity contribution in [3.8, 4) is 0 Å². The van der Waals surface area contributed by atoms with E-state index in [1.807, 2.05) is 0 Å². The molecule has 1 heterocycles. The van der Waals surface area contributed by atoms with Gasteiger partial charge in [0.2, 0.25) is 0 Å². The number of aliphatic hydroxyl groups excluding tert-OH is 1. The Bertz CT molecular complexity index is 500. The fourth-order valence-corrected chi connectivity index (χ4v) is 2.45. The predicted molar refractivity (Wildman–Crippen MR) is 86.5 cm³/mol. The van der Waals surface area contributed by atoms with Crippen molar-refractivity contribution in [1.82, 2.24) is 10.2 Å². The number of alkyl carbamates (subject to hydrolysis) is 1. The van der Waals surface area contributed by atoms with Crippen molar-refractivity contribution in [2.45, 2.75) is 77.2 Å². The molecule has 0 aliphatic carbocycles. The lowest BCUT2D eigenvalue weighted by Crippen LogP contribution is -2.54. The first kappa shape index (κ1) is 21.4. The molecule has 2 amide bonds. The second kappa shape index (κ2) is 7.31. The number of likely N-dealkylation sites (tertiary alicyclic amines) is 1. The van der Waals surface area contributed by atoms with Crippen molar-refractivity contribution in [2.75, 3.05) is 13.2 Å². The zero-order valence-electron chi connectivity index (χ0n) is 15.6. The normalized spacial score (nSPS) is 21.6. The van der Waals surface area contributed by atoms with Crippen LogP contribution in [-0.4, -0.2) is 64.6 Å². The number of halogens is 2. The Morgan fingerprint density at radius 1 is 1.20 bits per heavy atom. The van der Waals surface area contributed by atoms with Crippen LogP contribution in [0, 0.1) is 0 Å². The van der Waals surface area contributed by atoms with Gasteiger partial charge in [0.15, 0.2) is 0 Å². The third-order valence-corrected chi connectivity index (χ3v) is 3.30. The van der Waals surface area contributed by atoms with E-state index in [0.29, 0.717) is 0 Å². The molecule has 2 atom stereocenters. The third-order valence-electron chi connectivity index (χ3n) is 3.30. The number of nitrogens with zero attached hydrogens (tertiary/aromatic N) is 1. The average molecular weight is 366 g/mol. The van der Waals surface area contributed by atoms with Crippen LogP contribution in [0.4, 0.5) is 18.4 Å². The standard InChI is InChI=1S/C16H28F2N2O5/c1-14(2,3)24-12(22)19-10(8-21)11-7-16(17,18)9-20(11)13(23)25-15(4,5)6/h10-11,21H,7-9H2,1-6H3,(H,19,22)/t10-,11-/m0/s1. The molecule has 0 aromatic carbocycles. The summed E-state index contributed by atoms with van der Waals surface area (Å²) in [5.74, 6) is -3.13. The molecule has 1 aliphatic heterocycles. The minimum Gasteiger partial charge on any atom is -0.444 e. The molecule has 0 spiro atoms. The molecule has 0 aromatic heterocycles. The summed E-state index contributed by atoms with van der Waals surface area (Å²) in [6.07, 6.45) is -2.46. The van der Waals surface area contributed by atoms with Gasteiger partial charge in [-0.25, -0.2) is 18.4 Å². The monoisotopic (exact) mass is 366 g/mol. The predicted octanol–water partition coefficient (Wildman–Crippen LogP) is 2.52. The number of carbonyl (C=O) groups is 2. The molecule has 0 aromatic rings. The van der Waals surface area contributed by atoms with Gasteiger partial charge in [-0.2, -0.15) is 0 Å². The number of carbonyl (C=O) groups excluding carboxylic acids is 2. The molecular weight excluding hydrogens is 338 g/mol. The summed E-state index contributed by atoms with van der Waals surface area (Å²) in [6.45, 7) is 8.36. The molecule has 9 heteroatoms. The van der Waals surface area contributed by atoms with E-state index in [9.17, 15) is 23.5 Å². The van der Waals surface area contributed by atoms with Crippen molar-refractivity contribution in [2.24, 2.45) is 0 Å². The van der Waals surface area contributed by atoms with E-state index in [-0.39, 0.29) is 0 Å². The van der Waals surface area contributed by atoms with Gasteiger partial charge in [-0.3, -0.25) is 4.90 Å². The lowest BCUT2D eigenvalue weighted by atomic mass is 10.1. The van der Waals surface area contributed by atoms with Crippen molar-refractivity contribution >= 4 is 12.2 Å². The summed E-state index contributed by atoms with van der Waals surface area (Å²) in [4.78, 5) is 25.0. The van der Waals surface area contributed by atoms with Crippen LogP contribution in [0.3, 0.4) is 0 Å². The third kappa shape index (κ3) is 7.01. The van der Waals surface area contributed by atoms with Gasteiger partial charge >= 0.3 is 12.2 Å². The van der Waals surface area contributed by atoms with Crippen LogP contribution in [0.1, 0.15) is 48.0 Å². The van der Waals surface area contributed by atoms with Crippen molar-refractivity contribution in [1.29, 1.82) is 0 Å². The molecule has 0 bridgehead atoms. The van der Waals surface area contributed by atoms with Crippen LogP contribution in [0.15, 0.2) is 0 Å². The first-order chi connectivity index (χ1) is 11.1. The number of aliphatic hydroxyl groups is 1. The Morgan fingerprint density at radius 3 is 2.16 bits per heavy atom. The first-order valence-corrected chi connectivity index (χ1v) is 8.11. The van der Waals surface area contributed by atoms with E-state index in [4.69, 9.17) is 9.47 Å². The van der Waals surface area contributed by atoms with Crippen molar-refractivity contribution in [3.05, 3.63) is 0 Å². The maximum Gasteiger partial charge on any atom is 0.410 e. The highest BCUT2D eigenvalue weighted by molar-refractivity contribution is 5.70. The Labute approximate surface area is 146 Å². The number of nitrogens with one attached hydrogen (secondary N) is 1. The van der Waals surface area contributed by atoms with Gasteiger partial charge in [0, 0.05) is 6.42 Å². The van der Waals surface area contributed by atoms with E-state index >= 15 is 0 Å². The largest absolute Gasteiger partial charge is 0.444 e. The second-order valence-corrected chi connectivity index (χ2v) is 8.17. The molecule has 146 valence electrons. The summed E-state index contributed by atoms with van der Waals surface area (Å²) in [7, 11) is 0. The number of ether oxygens (including phenoxy) is 2. The highest BCUT2D eigenvalue weighted by atomic mass is 19.3. The van der Waals surface area contributed by atoms with Gasteiger partial charge < -0.3 is 19.9 Å². The number of alkyl halides is 2. The summed E-state index contributed by atoms with van der Waals surface area (Å²) in [6, 6.07) is -2.21. The van der Waals surface area contributed by atoms with Gasteiger partial charge in [-0.15, -0.1) is 0 Å². The molecule has 0 radical (unpaired) electrons. The van der Waals surface area contributed by atoms with Gasteiger partial charge in [0.1, 0.15) is 11.2 Å². The molecule has 1 saturated heterocycles. The first-order valence-electron chi connectivity index (χ1n) is 8.11. The molecule has 1 rings (SSSR count). The van der Waals surface area contributed by atoms with Crippen molar-refractivity contribution in [3.63, 3.8) is 0 Å². The number of hydrogen-bond donors (Lipinski definition) is 2. The quantitative estimate of drug-likeness (QED) is 0.801. The second-order valence-electron chi connectivity index (χ2n) is 8.17. The zero-order chi connectivity index (χ0) is 19.6.